The maximum absolute atomic E-state index is 13.5. The van der Waals surface area contributed by atoms with Gasteiger partial charge >= 0.3 is 0 Å². The number of likely N-dealkylation sites (tertiary alicyclic amines) is 1. The summed E-state index contributed by atoms with van der Waals surface area (Å²) in [5.74, 6) is -0.272. The summed E-state index contributed by atoms with van der Waals surface area (Å²) in [5, 5.41) is 3.94. The summed E-state index contributed by atoms with van der Waals surface area (Å²) in [6.07, 6.45) is 4.79. The van der Waals surface area contributed by atoms with Gasteiger partial charge in [-0.1, -0.05) is 30.2 Å². The van der Waals surface area contributed by atoms with Crippen molar-refractivity contribution in [3.05, 3.63) is 46.9 Å². The molecule has 134 valence electrons. The molecule has 0 saturated carbocycles. The molecule has 3 rings (SSSR count). The number of ether oxygens (including phenoxy) is 1. The van der Waals surface area contributed by atoms with Crippen molar-refractivity contribution in [3.63, 3.8) is 0 Å². The van der Waals surface area contributed by atoms with Crippen LogP contribution in [0.1, 0.15) is 30.9 Å². The highest BCUT2D eigenvalue weighted by molar-refractivity contribution is 6.30. The Hall–Kier alpha value is -1.92. The van der Waals surface area contributed by atoms with Crippen LogP contribution in [0.5, 0.6) is 5.88 Å². The van der Waals surface area contributed by atoms with E-state index in [-0.39, 0.29) is 11.9 Å². The van der Waals surface area contributed by atoms with Crippen LogP contribution >= 0.6 is 11.6 Å². The van der Waals surface area contributed by atoms with Gasteiger partial charge in [0.1, 0.15) is 0 Å². The third-order valence-electron chi connectivity index (χ3n) is 4.45. The van der Waals surface area contributed by atoms with Gasteiger partial charge < -0.3 is 10.1 Å². The third kappa shape index (κ3) is 4.58. The Kier molecular flexibility index (Phi) is 6.04. The largest absolute Gasteiger partial charge is 0.479 e. The minimum Gasteiger partial charge on any atom is -0.479 e. The molecule has 1 aromatic carbocycles. The zero-order valence-corrected chi connectivity index (χ0v) is 15.0. The van der Waals surface area contributed by atoms with Gasteiger partial charge in [0.15, 0.2) is 0 Å². The number of hydrogen-bond donors (Lipinski definition) is 1. The van der Waals surface area contributed by atoms with E-state index in [0.29, 0.717) is 12.5 Å². The SMILES string of the molecule is COc1nc(NCC(c2ccc(Cl)cc2)N2CCCCC2)ncc1F. The Morgan fingerprint density at radius 3 is 2.64 bits per heavy atom. The molecule has 1 fully saturated rings. The molecule has 1 aliphatic heterocycles. The van der Waals surface area contributed by atoms with Crippen LogP contribution in [0.25, 0.3) is 0 Å². The van der Waals surface area contributed by atoms with Crippen molar-refractivity contribution in [1.82, 2.24) is 14.9 Å². The van der Waals surface area contributed by atoms with Crippen LogP contribution in [-0.2, 0) is 0 Å². The zero-order chi connectivity index (χ0) is 17.6. The molecule has 2 heterocycles. The fourth-order valence-corrected chi connectivity index (χ4v) is 3.27. The highest BCUT2D eigenvalue weighted by Gasteiger charge is 2.22. The number of anilines is 1. The van der Waals surface area contributed by atoms with Crippen molar-refractivity contribution in [3.8, 4) is 5.88 Å². The molecule has 1 unspecified atom stereocenters. The van der Waals surface area contributed by atoms with Crippen LogP contribution in [0.3, 0.4) is 0 Å². The maximum atomic E-state index is 13.5. The fraction of sp³-hybridized carbons (Fsp3) is 0.444. The predicted molar refractivity (Wildman–Crippen MR) is 96.6 cm³/mol. The smallest absolute Gasteiger partial charge is 0.255 e. The zero-order valence-electron chi connectivity index (χ0n) is 14.2. The van der Waals surface area contributed by atoms with Gasteiger partial charge in [0.25, 0.3) is 5.88 Å². The van der Waals surface area contributed by atoms with Gasteiger partial charge in [-0.3, -0.25) is 4.90 Å². The van der Waals surface area contributed by atoms with Crippen molar-refractivity contribution in [2.45, 2.75) is 25.3 Å². The van der Waals surface area contributed by atoms with Gasteiger partial charge in [0, 0.05) is 11.6 Å². The summed E-state index contributed by atoms with van der Waals surface area (Å²) < 4.78 is 18.4. The minimum atomic E-state index is -0.571. The lowest BCUT2D eigenvalue weighted by Crippen LogP contribution is -2.37. The molecule has 0 bridgehead atoms. The molecule has 1 N–H and O–H groups in total. The quantitative estimate of drug-likeness (QED) is 0.842. The number of halogens is 2. The number of nitrogens with one attached hydrogen (secondary N) is 1. The number of piperidine rings is 1. The van der Waals surface area contributed by atoms with Gasteiger partial charge in [-0.25, -0.2) is 4.98 Å². The minimum absolute atomic E-state index is 0.0569. The second-order valence-corrected chi connectivity index (χ2v) is 6.53. The number of benzene rings is 1. The summed E-state index contributed by atoms with van der Waals surface area (Å²) in [6.45, 7) is 2.74. The lowest BCUT2D eigenvalue weighted by Gasteiger charge is -2.35. The molecule has 0 radical (unpaired) electrons. The summed E-state index contributed by atoms with van der Waals surface area (Å²) in [7, 11) is 1.39. The standard InChI is InChI=1S/C18H22ClFN4O/c1-25-17-15(20)11-21-18(23-17)22-12-16(24-9-3-2-4-10-24)13-5-7-14(19)8-6-13/h5-8,11,16H,2-4,9-10,12H2,1H3,(H,21,22,23). The molecule has 0 aliphatic carbocycles. The molecule has 1 atom stereocenters. The molecular formula is C18H22ClFN4O. The monoisotopic (exact) mass is 364 g/mol. The maximum Gasteiger partial charge on any atom is 0.255 e. The van der Waals surface area contributed by atoms with Crippen molar-refractivity contribution in [1.29, 1.82) is 0 Å². The summed E-state index contributed by atoms with van der Waals surface area (Å²) in [5.41, 5.74) is 1.19. The summed E-state index contributed by atoms with van der Waals surface area (Å²) in [6, 6.07) is 8.10. The molecule has 7 heteroatoms. The highest BCUT2D eigenvalue weighted by atomic mass is 35.5. The normalized spacial score (nSPS) is 16.4. The van der Waals surface area contributed by atoms with Crippen molar-refractivity contribution < 1.29 is 9.13 Å². The van der Waals surface area contributed by atoms with E-state index < -0.39 is 5.82 Å². The topological polar surface area (TPSA) is 50.3 Å². The van der Waals surface area contributed by atoms with Gasteiger partial charge in [0.05, 0.1) is 19.3 Å². The molecule has 5 nitrogen and oxygen atoms in total. The van der Waals surface area contributed by atoms with E-state index in [9.17, 15) is 4.39 Å². The molecular weight excluding hydrogens is 343 g/mol. The van der Waals surface area contributed by atoms with Gasteiger partial charge in [0.2, 0.25) is 11.8 Å². The van der Waals surface area contributed by atoms with E-state index in [1.165, 1.54) is 31.9 Å². The van der Waals surface area contributed by atoms with Gasteiger partial charge in [-0.05, 0) is 43.6 Å². The van der Waals surface area contributed by atoms with Crippen LogP contribution in [0.2, 0.25) is 5.02 Å². The number of nitrogens with zero attached hydrogens (tertiary/aromatic N) is 3. The average molecular weight is 365 g/mol. The fourth-order valence-electron chi connectivity index (χ4n) is 3.14. The van der Waals surface area contributed by atoms with Crippen LogP contribution in [0.15, 0.2) is 30.5 Å². The Balaban J connectivity index is 1.76. The van der Waals surface area contributed by atoms with Crippen LogP contribution < -0.4 is 10.1 Å². The second kappa shape index (κ2) is 8.45. The van der Waals surface area contributed by atoms with E-state index >= 15 is 0 Å². The second-order valence-electron chi connectivity index (χ2n) is 6.10. The lowest BCUT2D eigenvalue weighted by molar-refractivity contribution is 0.170. The van der Waals surface area contributed by atoms with E-state index in [4.69, 9.17) is 16.3 Å². The third-order valence-corrected chi connectivity index (χ3v) is 4.70. The van der Waals surface area contributed by atoms with E-state index in [1.54, 1.807) is 0 Å². The molecule has 1 aromatic heterocycles. The van der Waals surface area contributed by atoms with E-state index in [1.807, 2.05) is 12.1 Å². The Morgan fingerprint density at radius 1 is 1.24 bits per heavy atom. The molecule has 25 heavy (non-hydrogen) atoms. The van der Waals surface area contributed by atoms with E-state index in [0.717, 1.165) is 24.3 Å². The molecule has 1 saturated heterocycles. The van der Waals surface area contributed by atoms with Crippen LogP contribution in [0, 0.1) is 5.82 Å². The first-order chi connectivity index (χ1) is 12.2. The van der Waals surface area contributed by atoms with Gasteiger partial charge in [-0.15, -0.1) is 0 Å². The molecule has 1 aliphatic rings. The van der Waals surface area contributed by atoms with Crippen LogP contribution in [-0.4, -0.2) is 41.6 Å². The Labute approximate surface area is 152 Å². The summed E-state index contributed by atoms with van der Waals surface area (Å²) >= 11 is 6.02. The van der Waals surface area contributed by atoms with Crippen molar-refractivity contribution in [2.24, 2.45) is 0 Å². The van der Waals surface area contributed by atoms with Gasteiger partial charge in [-0.2, -0.15) is 9.37 Å². The Bertz CT molecular complexity index is 692. The first kappa shape index (κ1) is 17.9. The first-order valence-electron chi connectivity index (χ1n) is 8.47. The van der Waals surface area contributed by atoms with Crippen molar-refractivity contribution in [2.75, 3.05) is 32.1 Å². The Morgan fingerprint density at radius 2 is 1.96 bits per heavy atom. The first-order valence-corrected chi connectivity index (χ1v) is 8.85. The van der Waals surface area contributed by atoms with Crippen LogP contribution in [0.4, 0.5) is 10.3 Å². The summed E-state index contributed by atoms with van der Waals surface area (Å²) in [4.78, 5) is 10.5. The average Bonchev–Trinajstić information content (AvgIpc) is 2.65. The lowest BCUT2D eigenvalue weighted by atomic mass is 10.0. The highest BCUT2D eigenvalue weighted by Crippen LogP contribution is 2.26. The number of aromatic nitrogens is 2. The van der Waals surface area contributed by atoms with Crippen molar-refractivity contribution >= 4 is 17.5 Å². The van der Waals surface area contributed by atoms with E-state index in [2.05, 4.69) is 32.3 Å². The molecule has 0 amide bonds. The number of hydrogen-bond acceptors (Lipinski definition) is 5. The molecule has 2 aromatic rings. The number of methoxy groups -OCH3 is 1. The predicted octanol–water partition coefficient (Wildman–Crippen LogP) is 3.92. The number of rotatable bonds is 6. The molecule has 0 spiro atoms.